The van der Waals surface area contributed by atoms with Crippen LogP contribution in [0.25, 0.3) is 0 Å². The summed E-state index contributed by atoms with van der Waals surface area (Å²) in [6.07, 6.45) is 6.58. The number of hydrogen-bond acceptors (Lipinski definition) is 5. The highest BCUT2D eigenvalue weighted by Gasteiger charge is 2.20. The summed E-state index contributed by atoms with van der Waals surface area (Å²) in [5.74, 6) is 0.842. The number of benzene rings is 1. The molecule has 0 bridgehead atoms. The number of rotatable bonds is 5. The van der Waals surface area contributed by atoms with Gasteiger partial charge < -0.3 is 19.9 Å². The van der Waals surface area contributed by atoms with Gasteiger partial charge in [-0.25, -0.2) is 9.37 Å². The smallest absolute Gasteiger partial charge is 0.130 e. The number of fused-ring (bicyclic) bond motifs is 1. The summed E-state index contributed by atoms with van der Waals surface area (Å²) in [5.41, 5.74) is 3.43. The monoisotopic (exact) mass is 398 g/mol. The zero-order chi connectivity index (χ0) is 20.1. The number of morpholine rings is 1. The van der Waals surface area contributed by atoms with E-state index in [-0.39, 0.29) is 5.82 Å². The summed E-state index contributed by atoms with van der Waals surface area (Å²) in [5, 5.41) is 3.79. The molecule has 1 aromatic heterocycles. The molecule has 2 aliphatic rings. The second-order valence-corrected chi connectivity index (χ2v) is 7.90. The summed E-state index contributed by atoms with van der Waals surface area (Å²) in [4.78, 5) is 9.28. The fourth-order valence-corrected chi connectivity index (χ4v) is 4.26. The number of pyridine rings is 1. The van der Waals surface area contributed by atoms with Crippen LogP contribution in [0.3, 0.4) is 0 Å². The van der Waals surface area contributed by atoms with Crippen LogP contribution in [-0.2, 0) is 11.2 Å². The maximum absolute atomic E-state index is 13.7. The molecule has 1 aromatic carbocycles. The molecule has 29 heavy (non-hydrogen) atoms. The third-order valence-electron chi connectivity index (χ3n) is 5.91. The average molecular weight is 399 g/mol. The van der Waals surface area contributed by atoms with Crippen molar-refractivity contribution >= 4 is 17.2 Å². The SMILES string of the molecule is CCN(CC1CCCCc2cnc(N3CCOCC3)cc2N1)c1cccc(F)c1. The number of hydrogen-bond donors (Lipinski definition) is 1. The summed E-state index contributed by atoms with van der Waals surface area (Å²) in [7, 11) is 0. The van der Waals surface area contributed by atoms with Crippen LogP contribution in [0.15, 0.2) is 36.5 Å². The van der Waals surface area contributed by atoms with Crippen molar-refractivity contribution in [1.29, 1.82) is 0 Å². The number of aromatic nitrogens is 1. The minimum atomic E-state index is -0.182. The van der Waals surface area contributed by atoms with Gasteiger partial charge in [0.05, 0.1) is 13.2 Å². The van der Waals surface area contributed by atoms with Crippen LogP contribution in [0.1, 0.15) is 31.7 Å². The lowest BCUT2D eigenvalue weighted by Gasteiger charge is -2.32. The number of aryl methyl sites for hydroxylation is 1. The predicted molar refractivity (Wildman–Crippen MR) is 117 cm³/mol. The van der Waals surface area contributed by atoms with Gasteiger partial charge in [-0.1, -0.05) is 12.5 Å². The van der Waals surface area contributed by atoms with Gasteiger partial charge in [0, 0.05) is 55.9 Å². The molecule has 2 aromatic rings. The number of nitrogens with zero attached hydrogens (tertiary/aromatic N) is 3. The van der Waals surface area contributed by atoms with Gasteiger partial charge in [-0.2, -0.15) is 0 Å². The summed E-state index contributed by atoms with van der Waals surface area (Å²) < 4.78 is 19.2. The van der Waals surface area contributed by atoms with Crippen molar-refractivity contribution < 1.29 is 9.13 Å². The lowest BCUT2D eigenvalue weighted by molar-refractivity contribution is 0.122. The van der Waals surface area contributed by atoms with Crippen molar-refractivity contribution in [2.24, 2.45) is 0 Å². The van der Waals surface area contributed by atoms with E-state index in [1.165, 1.54) is 30.2 Å². The van der Waals surface area contributed by atoms with Crippen molar-refractivity contribution in [3.05, 3.63) is 47.9 Å². The van der Waals surface area contributed by atoms with Crippen molar-refractivity contribution in [3.63, 3.8) is 0 Å². The molecule has 0 spiro atoms. The molecule has 0 aliphatic carbocycles. The first-order chi connectivity index (χ1) is 14.2. The van der Waals surface area contributed by atoms with Gasteiger partial charge in [0.25, 0.3) is 0 Å². The Labute approximate surface area is 172 Å². The van der Waals surface area contributed by atoms with Gasteiger partial charge in [0.1, 0.15) is 11.6 Å². The number of ether oxygens (including phenoxy) is 1. The van der Waals surface area contributed by atoms with Crippen molar-refractivity contribution in [2.45, 2.75) is 38.6 Å². The highest BCUT2D eigenvalue weighted by molar-refractivity contribution is 5.59. The summed E-state index contributed by atoms with van der Waals surface area (Å²) in [6, 6.07) is 9.43. The Morgan fingerprint density at radius 2 is 2.10 bits per heavy atom. The topological polar surface area (TPSA) is 40.6 Å². The Bertz CT molecular complexity index is 809. The normalized spacial score (nSPS) is 19.7. The largest absolute Gasteiger partial charge is 0.380 e. The number of anilines is 3. The lowest BCUT2D eigenvalue weighted by atomic mass is 9.99. The first-order valence-electron chi connectivity index (χ1n) is 10.8. The van der Waals surface area contributed by atoms with Gasteiger partial charge in [-0.3, -0.25) is 0 Å². The molecule has 2 aliphatic heterocycles. The molecular weight excluding hydrogens is 367 g/mol. The minimum Gasteiger partial charge on any atom is -0.380 e. The van der Waals surface area contributed by atoms with E-state index < -0.39 is 0 Å². The molecule has 1 atom stereocenters. The molecule has 6 heteroatoms. The quantitative estimate of drug-likeness (QED) is 0.822. The van der Waals surface area contributed by atoms with Crippen LogP contribution in [-0.4, -0.2) is 50.4 Å². The van der Waals surface area contributed by atoms with E-state index >= 15 is 0 Å². The van der Waals surface area contributed by atoms with Gasteiger partial charge >= 0.3 is 0 Å². The van der Waals surface area contributed by atoms with Crippen molar-refractivity contribution in [3.8, 4) is 0 Å². The van der Waals surface area contributed by atoms with Crippen LogP contribution in [0, 0.1) is 5.82 Å². The molecular formula is C23H31FN4O. The number of likely N-dealkylation sites (N-methyl/N-ethyl adjacent to an activating group) is 1. The van der Waals surface area contributed by atoms with Gasteiger partial charge in [-0.15, -0.1) is 0 Å². The number of halogens is 1. The maximum atomic E-state index is 13.7. The van der Waals surface area contributed by atoms with Crippen molar-refractivity contribution in [1.82, 2.24) is 4.98 Å². The summed E-state index contributed by atoms with van der Waals surface area (Å²) in [6.45, 7) is 7.12. The Kier molecular flexibility index (Phi) is 6.49. The van der Waals surface area contributed by atoms with Crippen LogP contribution < -0.4 is 15.1 Å². The molecule has 1 saturated heterocycles. The van der Waals surface area contributed by atoms with Gasteiger partial charge in [0.15, 0.2) is 0 Å². The average Bonchev–Trinajstić information content (AvgIpc) is 2.74. The Balaban J connectivity index is 1.52. The Morgan fingerprint density at radius 3 is 2.90 bits per heavy atom. The maximum Gasteiger partial charge on any atom is 0.130 e. The third kappa shape index (κ3) is 4.99. The molecule has 156 valence electrons. The Morgan fingerprint density at radius 1 is 1.24 bits per heavy atom. The molecule has 0 saturated carbocycles. The highest BCUT2D eigenvalue weighted by Crippen LogP contribution is 2.28. The second kappa shape index (κ2) is 9.44. The van der Waals surface area contributed by atoms with E-state index in [2.05, 4.69) is 28.1 Å². The molecule has 4 rings (SSSR count). The van der Waals surface area contributed by atoms with Gasteiger partial charge in [0.2, 0.25) is 0 Å². The van der Waals surface area contributed by atoms with Crippen molar-refractivity contribution in [2.75, 3.05) is 54.5 Å². The molecule has 0 radical (unpaired) electrons. The van der Waals surface area contributed by atoms with E-state index in [0.29, 0.717) is 6.04 Å². The minimum absolute atomic E-state index is 0.182. The molecule has 5 nitrogen and oxygen atoms in total. The van der Waals surface area contributed by atoms with E-state index in [9.17, 15) is 4.39 Å². The van der Waals surface area contributed by atoms with E-state index in [1.54, 1.807) is 12.1 Å². The zero-order valence-electron chi connectivity index (χ0n) is 17.2. The van der Waals surface area contributed by atoms with Gasteiger partial charge in [-0.05, 0) is 49.9 Å². The third-order valence-corrected chi connectivity index (χ3v) is 5.91. The van der Waals surface area contributed by atoms with Crippen LogP contribution in [0.4, 0.5) is 21.6 Å². The fraction of sp³-hybridized carbons (Fsp3) is 0.522. The number of nitrogens with one attached hydrogen (secondary N) is 1. The Hall–Kier alpha value is -2.34. The molecule has 0 amide bonds. The van der Waals surface area contributed by atoms with Crippen LogP contribution in [0.5, 0.6) is 0 Å². The molecule has 1 unspecified atom stereocenters. The highest BCUT2D eigenvalue weighted by atomic mass is 19.1. The van der Waals surface area contributed by atoms with E-state index in [0.717, 1.165) is 63.7 Å². The zero-order valence-corrected chi connectivity index (χ0v) is 17.2. The standard InChI is InChI=1S/C23H31FN4O/c1-2-27(21-9-5-7-19(24)14-21)17-20-8-4-3-6-18-16-25-23(15-22(18)26-20)28-10-12-29-13-11-28/h5,7,9,14-16,20,26H,2-4,6,8,10-13,17H2,1H3. The van der Waals surface area contributed by atoms with E-state index in [4.69, 9.17) is 9.72 Å². The summed E-state index contributed by atoms with van der Waals surface area (Å²) >= 11 is 0. The first-order valence-corrected chi connectivity index (χ1v) is 10.8. The fourth-order valence-electron chi connectivity index (χ4n) is 4.26. The van der Waals surface area contributed by atoms with E-state index in [1.807, 2.05) is 12.3 Å². The van der Waals surface area contributed by atoms with Crippen LogP contribution >= 0.6 is 0 Å². The molecule has 1 fully saturated rings. The second-order valence-electron chi connectivity index (χ2n) is 7.90. The molecule has 1 N–H and O–H groups in total. The lowest BCUT2D eigenvalue weighted by Crippen LogP contribution is -2.38. The first kappa shape index (κ1) is 20.0. The molecule has 3 heterocycles. The predicted octanol–water partition coefficient (Wildman–Crippen LogP) is 4.09. The van der Waals surface area contributed by atoms with Crippen LogP contribution in [0.2, 0.25) is 0 Å².